The minimum atomic E-state index is -0.333. The van der Waals surface area contributed by atoms with Crippen molar-refractivity contribution in [3.63, 3.8) is 0 Å². The van der Waals surface area contributed by atoms with E-state index in [1.54, 1.807) is 13.2 Å². The molecule has 5 nitrogen and oxygen atoms in total. The second kappa shape index (κ2) is 8.85. The topological polar surface area (TPSA) is 67.4 Å². The van der Waals surface area contributed by atoms with Gasteiger partial charge in [0.1, 0.15) is 5.75 Å². The monoisotopic (exact) mass is 352 g/mol. The number of rotatable bonds is 6. The molecular formula is C21H24N2O3. The van der Waals surface area contributed by atoms with Crippen molar-refractivity contribution in [3.05, 3.63) is 64.7 Å². The second-order valence-electron chi connectivity index (χ2n) is 6.15. The zero-order chi connectivity index (χ0) is 19.1. The van der Waals surface area contributed by atoms with Gasteiger partial charge in [-0.3, -0.25) is 9.59 Å². The Morgan fingerprint density at radius 2 is 1.77 bits per heavy atom. The van der Waals surface area contributed by atoms with E-state index >= 15 is 0 Å². The van der Waals surface area contributed by atoms with E-state index in [4.69, 9.17) is 4.74 Å². The molecule has 0 aliphatic carbocycles. The number of nitrogens with one attached hydrogen (secondary N) is 2. The Balaban J connectivity index is 1.89. The summed E-state index contributed by atoms with van der Waals surface area (Å²) in [6.45, 7) is 5.82. The van der Waals surface area contributed by atoms with Gasteiger partial charge in [-0.25, -0.2) is 0 Å². The maximum atomic E-state index is 12.1. The van der Waals surface area contributed by atoms with Crippen molar-refractivity contribution >= 4 is 23.6 Å². The van der Waals surface area contributed by atoms with Crippen LogP contribution in [0.1, 0.15) is 22.3 Å². The molecule has 136 valence electrons. The Morgan fingerprint density at radius 1 is 1.08 bits per heavy atom. The summed E-state index contributed by atoms with van der Waals surface area (Å²) in [5.74, 6) is 0.124. The number of aryl methyl sites for hydroxylation is 3. The normalized spacial score (nSPS) is 10.6. The van der Waals surface area contributed by atoms with E-state index in [1.165, 1.54) is 6.08 Å². The quantitative estimate of drug-likeness (QED) is 0.783. The number of amides is 2. The fourth-order valence-electron chi connectivity index (χ4n) is 2.70. The molecule has 0 aromatic heterocycles. The molecule has 0 unspecified atom stereocenters. The average Bonchev–Trinajstić information content (AvgIpc) is 2.61. The van der Waals surface area contributed by atoms with Gasteiger partial charge in [0.15, 0.2) is 0 Å². The Labute approximate surface area is 154 Å². The van der Waals surface area contributed by atoms with Crippen molar-refractivity contribution in [1.29, 1.82) is 0 Å². The zero-order valence-corrected chi connectivity index (χ0v) is 15.6. The highest BCUT2D eigenvalue weighted by molar-refractivity contribution is 5.98. The maximum absolute atomic E-state index is 12.1. The summed E-state index contributed by atoms with van der Waals surface area (Å²) >= 11 is 0. The van der Waals surface area contributed by atoms with Crippen molar-refractivity contribution in [1.82, 2.24) is 5.32 Å². The summed E-state index contributed by atoms with van der Waals surface area (Å²) in [6, 6.07) is 11.4. The van der Waals surface area contributed by atoms with Crippen molar-refractivity contribution in [2.24, 2.45) is 0 Å². The largest absolute Gasteiger partial charge is 0.497 e. The summed E-state index contributed by atoms with van der Waals surface area (Å²) in [6.07, 6.45) is 3.06. The lowest BCUT2D eigenvalue weighted by Crippen LogP contribution is -2.32. The molecule has 0 atom stereocenters. The molecule has 26 heavy (non-hydrogen) atoms. The molecule has 2 rings (SSSR count). The number of methoxy groups -OCH3 is 1. The average molecular weight is 352 g/mol. The number of carbonyl (C=O) groups is 2. The highest BCUT2D eigenvalue weighted by atomic mass is 16.5. The number of hydrogen-bond donors (Lipinski definition) is 2. The van der Waals surface area contributed by atoms with Gasteiger partial charge in [-0.1, -0.05) is 29.8 Å². The zero-order valence-electron chi connectivity index (χ0n) is 15.6. The van der Waals surface area contributed by atoms with Crippen LogP contribution in [0.2, 0.25) is 0 Å². The van der Waals surface area contributed by atoms with Gasteiger partial charge in [-0.05, 0) is 55.7 Å². The molecule has 0 saturated carbocycles. The standard InChI is InChI=1S/C21H24N2O3/c1-14-10-15(2)21(16(3)11-14)23-20(25)13-22-19(24)9-8-17-6-5-7-18(12-17)26-4/h5-12H,13H2,1-4H3,(H,22,24)(H,23,25)/b9-8+. The summed E-state index contributed by atoms with van der Waals surface area (Å²) in [5, 5.41) is 5.44. The summed E-state index contributed by atoms with van der Waals surface area (Å²) in [5.41, 5.74) is 4.78. The van der Waals surface area contributed by atoms with Crippen LogP contribution in [0.15, 0.2) is 42.5 Å². The fraction of sp³-hybridized carbons (Fsp3) is 0.238. The second-order valence-corrected chi connectivity index (χ2v) is 6.15. The molecular weight excluding hydrogens is 328 g/mol. The first-order chi connectivity index (χ1) is 12.4. The Bertz CT molecular complexity index is 818. The van der Waals surface area contributed by atoms with E-state index in [1.807, 2.05) is 57.2 Å². The molecule has 0 radical (unpaired) electrons. The Kier molecular flexibility index (Phi) is 6.55. The molecule has 0 aliphatic heterocycles. The lowest BCUT2D eigenvalue weighted by Gasteiger charge is -2.13. The van der Waals surface area contributed by atoms with E-state index in [2.05, 4.69) is 10.6 Å². The van der Waals surface area contributed by atoms with Gasteiger partial charge in [0.25, 0.3) is 0 Å². The van der Waals surface area contributed by atoms with E-state index < -0.39 is 0 Å². The summed E-state index contributed by atoms with van der Waals surface area (Å²) in [4.78, 5) is 24.0. The molecule has 2 aromatic rings. The molecule has 0 fully saturated rings. The van der Waals surface area contributed by atoms with Crippen LogP contribution in [0.3, 0.4) is 0 Å². The first-order valence-electron chi connectivity index (χ1n) is 8.36. The third kappa shape index (κ3) is 5.48. The molecule has 2 N–H and O–H groups in total. The van der Waals surface area contributed by atoms with E-state index in [0.717, 1.165) is 33.7 Å². The van der Waals surface area contributed by atoms with Gasteiger partial charge in [0.05, 0.1) is 13.7 Å². The van der Waals surface area contributed by atoms with E-state index in [9.17, 15) is 9.59 Å². The summed E-state index contributed by atoms with van der Waals surface area (Å²) in [7, 11) is 1.59. The molecule has 0 saturated heterocycles. The predicted molar refractivity (Wildman–Crippen MR) is 104 cm³/mol. The van der Waals surface area contributed by atoms with Gasteiger partial charge in [-0.15, -0.1) is 0 Å². The smallest absolute Gasteiger partial charge is 0.244 e. The highest BCUT2D eigenvalue weighted by Gasteiger charge is 2.09. The van der Waals surface area contributed by atoms with Gasteiger partial charge in [0.2, 0.25) is 11.8 Å². The van der Waals surface area contributed by atoms with E-state index in [0.29, 0.717) is 0 Å². The molecule has 0 heterocycles. The van der Waals surface area contributed by atoms with Crippen LogP contribution >= 0.6 is 0 Å². The van der Waals surface area contributed by atoms with Crippen LogP contribution in [0, 0.1) is 20.8 Å². The SMILES string of the molecule is COc1cccc(/C=C/C(=O)NCC(=O)Nc2c(C)cc(C)cc2C)c1. The van der Waals surface area contributed by atoms with Crippen molar-refractivity contribution < 1.29 is 14.3 Å². The first kappa shape index (κ1) is 19.2. The van der Waals surface area contributed by atoms with Gasteiger partial charge < -0.3 is 15.4 Å². The first-order valence-corrected chi connectivity index (χ1v) is 8.36. The highest BCUT2D eigenvalue weighted by Crippen LogP contribution is 2.21. The van der Waals surface area contributed by atoms with E-state index in [-0.39, 0.29) is 18.4 Å². The van der Waals surface area contributed by atoms with Crippen LogP contribution in [-0.2, 0) is 9.59 Å². The van der Waals surface area contributed by atoms with Crippen LogP contribution in [0.5, 0.6) is 5.75 Å². The molecule has 0 aliphatic rings. The molecule has 0 spiro atoms. The number of carbonyl (C=O) groups excluding carboxylic acids is 2. The van der Waals surface area contributed by atoms with Crippen LogP contribution < -0.4 is 15.4 Å². The third-order valence-electron chi connectivity index (χ3n) is 3.89. The number of anilines is 1. The maximum Gasteiger partial charge on any atom is 0.244 e. The molecule has 2 aromatic carbocycles. The van der Waals surface area contributed by atoms with Crippen molar-refractivity contribution in [2.75, 3.05) is 19.0 Å². The van der Waals surface area contributed by atoms with Crippen molar-refractivity contribution in [2.45, 2.75) is 20.8 Å². The summed E-state index contributed by atoms with van der Waals surface area (Å²) < 4.78 is 5.14. The van der Waals surface area contributed by atoms with Crippen molar-refractivity contribution in [3.8, 4) is 5.75 Å². The Hall–Kier alpha value is -3.08. The van der Waals surface area contributed by atoms with Gasteiger partial charge in [-0.2, -0.15) is 0 Å². The third-order valence-corrected chi connectivity index (χ3v) is 3.89. The lowest BCUT2D eigenvalue weighted by molar-refractivity contribution is -0.121. The minimum Gasteiger partial charge on any atom is -0.497 e. The fourth-order valence-corrected chi connectivity index (χ4v) is 2.70. The Morgan fingerprint density at radius 3 is 2.42 bits per heavy atom. The van der Waals surface area contributed by atoms with Crippen LogP contribution in [0.4, 0.5) is 5.69 Å². The molecule has 5 heteroatoms. The number of benzene rings is 2. The predicted octanol–water partition coefficient (Wildman–Crippen LogP) is 3.39. The van der Waals surface area contributed by atoms with Gasteiger partial charge >= 0.3 is 0 Å². The number of ether oxygens (including phenoxy) is 1. The van der Waals surface area contributed by atoms with Crippen LogP contribution in [0.25, 0.3) is 6.08 Å². The lowest BCUT2D eigenvalue weighted by atomic mass is 10.1. The molecule has 0 bridgehead atoms. The van der Waals surface area contributed by atoms with Crippen LogP contribution in [-0.4, -0.2) is 25.5 Å². The van der Waals surface area contributed by atoms with Gasteiger partial charge in [0, 0.05) is 11.8 Å². The minimum absolute atomic E-state index is 0.0892. The molecule has 2 amide bonds. The number of hydrogen-bond acceptors (Lipinski definition) is 3.